The summed E-state index contributed by atoms with van der Waals surface area (Å²) in [6.45, 7) is 2.65. The highest BCUT2D eigenvalue weighted by molar-refractivity contribution is 7.22. The first-order valence-electron chi connectivity index (χ1n) is 6.98. The Morgan fingerprint density at radius 3 is 3.00 bits per heavy atom. The normalized spacial score (nSPS) is 13.4. The van der Waals surface area contributed by atoms with E-state index in [4.69, 9.17) is 21.3 Å². The van der Waals surface area contributed by atoms with Gasteiger partial charge in [-0.3, -0.25) is 0 Å². The molecule has 0 N–H and O–H groups in total. The van der Waals surface area contributed by atoms with E-state index in [1.807, 2.05) is 19.1 Å². The molecule has 1 aliphatic heterocycles. The van der Waals surface area contributed by atoms with Crippen molar-refractivity contribution in [2.24, 2.45) is 0 Å². The first-order valence-corrected chi connectivity index (χ1v) is 8.17. The average Bonchev–Trinajstić information content (AvgIpc) is 2.77. The standard InChI is InChI=1S/C16H13ClN2OS/c1-2-12-18-13-10(16(17)19-12)7-8-20-14-9-5-3-4-6-11(9)21-15(13)14/h3-6H,2,7-8H2,1H3. The maximum Gasteiger partial charge on any atom is 0.147 e. The molecular weight excluding hydrogens is 304 g/mol. The Labute approximate surface area is 131 Å². The van der Waals surface area contributed by atoms with Crippen LogP contribution in [-0.2, 0) is 12.8 Å². The summed E-state index contributed by atoms with van der Waals surface area (Å²) in [6.07, 6.45) is 1.52. The monoisotopic (exact) mass is 316 g/mol. The largest absolute Gasteiger partial charge is 0.491 e. The minimum atomic E-state index is 0.561. The zero-order chi connectivity index (χ0) is 14.4. The van der Waals surface area contributed by atoms with E-state index in [0.29, 0.717) is 11.8 Å². The number of thiophene rings is 1. The fourth-order valence-corrected chi connectivity index (χ4v) is 4.09. The van der Waals surface area contributed by atoms with E-state index in [1.54, 1.807) is 11.3 Å². The molecule has 0 atom stereocenters. The van der Waals surface area contributed by atoms with Crippen molar-refractivity contribution in [2.75, 3.05) is 6.61 Å². The topological polar surface area (TPSA) is 35.0 Å². The zero-order valence-electron chi connectivity index (χ0n) is 11.5. The minimum Gasteiger partial charge on any atom is -0.491 e. The summed E-state index contributed by atoms with van der Waals surface area (Å²) in [6, 6.07) is 8.29. The van der Waals surface area contributed by atoms with Gasteiger partial charge in [-0.25, -0.2) is 9.97 Å². The van der Waals surface area contributed by atoms with Crippen molar-refractivity contribution in [3.8, 4) is 16.3 Å². The van der Waals surface area contributed by atoms with Crippen molar-refractivity contribution in [1.82, 2.24) is 9.97 Å². The van der Waals surface area contributed by atoms with Gasteiger partial charge in [-0.15, -0.1) is 11.3 Å². The van der Waals surface area contributed by atoms with E-state index in [2.05, 4.69) is 17.1 Å². The van der Waals surface area contributed by atoms with Gasteiger partial charge in [0.2, 0.25) is 0 Å². The Balaban J connectivity index is 2.06. The number of aromatic nitrogens is 2. The predicted octanol–water partition coefficient (Wildman–Crippen LogP) is 4.51. The number of hydrogen-bond donors (Lipinski definition) is 0. The fraction of sp³-hybridized carbons (Fsp3) is 0.250. The number of ether oxygens (including phenoxy) is 1. The van der Waals surface area contributed by atoms with E-state index >= 15 is 0 Å². The number of rotatable bonds is 1. The van der Waals surface area contributed by atoms with Crippen molar-refractivity contribution in [3.63, 3.8) is 0 Å². The van der Waals surface area contributed by atoms with Crippen LogP contribution in [0.25, 0.3) is 20.7 Å². The van der Waals surface area contributed by atoms with E-state index in [1.165, 1.54) is 4.70 Å². The molecule has 1 aliphatic rings. The van der Waals surface area contributed by atoms with Crippen molar-refractivity contribution in [2.45, 2.75) is 19.8 Å². The molecular formula is C16H13ClN2OS. The van der Waals surface area contributed by atoms with Crippen LogP contribution in [0.4, 0.5) is 0 Å². The van der Waals surface area contributed by atoms with E-state index in [9.17, 15) is 0 Å². The molecule has 106 valence electrons. The Bertz CT molecular complexity index is 844. The SMILES string of the molecule is CCc1nc(Cl)c2c(n1)-c1sc3ccccc3c1OCC2. The smallest absolute Gasteiger partial charge is 0.147 e. The number of benzene rings is 1. The Kier molecular flexibility index (Phi) is 3.08. The molecule has 3 heterocycles. The molecule has 0 bridgehead atoms. The highest BCUT2D eigenvalue weighted by Gasteiger charge is 2.24. The molecule has 0 saturated carbocycles. The zero-order valence-corrected chi connectivity index (χ0v) is 13.1. The van der Waals surface area contributed by atoms with E-state index < -0.39 is 0 Å². The predicted molar refractivity (Wildman–Crippen MR) is 86.4 cm³/mol. The average molecular weight is 317 g/mol. The van der Waals surface area contributed by atoms with Gasteiger partial charge in [-0.2, -0.15) is 0 Å². The summed E-state index contributed by atoms with van der Waals surface area (Å²) in [7, 11) is 0. The van der Waals surface area contributed by atoms with E-state index in [0.717, 1.165) is 45.9 Å². The summed E-state index contributed by atoms with van der Waals surface area (Å²) in [5, 5.41) is 1.71. The maximum absolute atomic E-state index is 6.36. The first-order chi connectivity index (χ1) is 10.3. The maximum atomic E-state index is 6.36. The molecule has 3 aromatic rings. The molecule has 4 rings (SSSR count). The second kappa shape index (κ2) is 4.97. The van der Waals surface area contributed by atoms with Gasteiger partial charge >= 0.3 is 0 Å². The van der Waals surface area contributed by atoms with Crippen molar-refractivity contribution >= 4 is 33.0 Å². The van der Waals surface area contributed by atoms with Crippen molar-refractivity contribution < 1.29 is 4.74 Å². The molecule has 0 amide bonds. The minimum absolute atomic E-state index is 0.561. The Morgan fingerprint density at radius 2 is 2.14 bits per heavy atom. The van der Waals surface area contributed by atoms with Gasteiger partial charge in [-0.1, -0.05) is 30.7 Å². The van der Waals surface area contributed by atoms with Gasteiger partial charge in [0.05, 0.1) is 17.2 Å². The van der Waals surface area contributed by atoms with Gasteiger partial charge in [0.15, 0.2) is 0 Å². The third kappa shape index (κ3) is 2.01. The van der Waals surface area contributed by atoms with Gasteiger partial charge in [0.25, 0.3) is 0 Å². The number of halogens is 1. The van der Waals surface area contributed by atoms with Crippen LogP contribution in [0.3, 0.4) is 0 Å². The number of aryl methyl sites for hydroxylation is 1. The quantitative estimate of drug-likeness (QED) is 0.620. The summed E-state index contributed by atoms with van der Waals surface area (Å²) >= 11 is 8.07. The lowest BCUT2D eigenvalue weighted by Crippen LogP contribution is -2.03. The summed E-state index contributed by atoms with van der Waals surface area (Å²) in [4.78, 5) is 10.2. The Morgan fingerprint density at radius 1 is 1.29 bits per heavy atom. The molecule has 1 aromatic carbocycles. The van der Waals surface area contributed by atoms with Crippen LogP contribution in [0.2, 0.25) is 5.15 Å². The highest BCUT2D eigenvalue weighted by atomic mass is 35.5. The molecule has 0 aliphatic carbocycles. The van der Waals surface area contributed by atoms with Crippen LogP contribution in [0.5, 0.6) is 5.75 Å². The Hall–Kier alpha value is -1.65. The van der Waals surface area contributed by atoms with Crippen molar-refractivity contribution in [3.05, 3.63) is 40.8 Å². The fourth-order valence-electron chi connectivity index (χ4n) is 2.64. The first kappa shape index (κ1) is 13.0. The molecule has 0 radical (unpaired) electrons. The van der Waals surface area contributed by atoms with Gasteiger partial charge < -0.3 is 4.74 Å². The lowest BCUT2D eigenvalue weighted by atomic mass is 10.1. The van der Waals surface area contributed by atoms with Crippen molar-refractivity contribution in [1.29, 1.82) is 0 Å². The lowest BCUT2D eigenvalue weighted by Gasteiger charge is -2.07. The van der Waals surface area contributed by atoms with Crippen LogP contribution >= 0.6 is 22.9 Å². The van der Waals surface area contributed by atoms with Gasteiger partial charge in [-0.05, 0) is 12.1 Å². The molecule has 5 heteroatoms. The van der Waals surface area contributed by atoms with Crippen LogP contribution < -0.4 is 4.74 Å². The summed E-state index contributed by atoms with van der Waals surface area (Å²) in [5.41, 5.74) is 1.94. The molecule has 0 unspecified atom stereocenters. The molecule has 21 heavy (non-hydrogen) atoms. The molecule has 0 spiro atoms. The van der Waals surface area contributed by atoms with Gasteiger partial charge in [0.1, 0.15) is 16.7 Å². The van der Waals surface area contributed by atoms with Crippen LogP contribution in [0, 0.1) is 0 Å². The highest BCUT2D eigenvalue weighted by Crippen LogP contribution is 2.46. The third-order valence-corrected chi connectivity index (χ3v) is 5.15. The summed E-state index contributed by atoms with van der Waals surface area (Å²) < 4.78 is 7.21. The van der Waals surface area contributed by atoms with Crippen LogP contribution in [0.15, 0.2) is 24.3 Å². The third-order valence-electron chi connectivity index (χ3n) is 3.68. The molecule has 3 nitrogen and oxygen atoms in total. The summed E-state index contributed by atoms with van der Waals surface area (Å²) in [5.74, 6) is 1.72. The number of fused-ring (bicyclic) bond motifs is 5. The van der Waals surface area contributed by atoms with Crippen LogP contribution in [0.1, 0.15) is 18.3 Å². The second-order valence-corrected chi connectivity index (χ2v) is 6.38. The second-order valence-electron chi connectivity index (χ2n) is 4.97. The number of hydrogen-bond acceptors (Lipinski definition) is 4. The van der Waals surface area contributed by atoms with Gasteiger partial charge in [0, 0.05) is 28.5 Å². The molecule has 0 saturated heterocycles. The molecule has 0 fully saturated rings. The van der Waals surface area contributed by atoms with E-state index in [-0.39, 0.29) is 0 Å². The number of nitrogens with zero attached hydrogens (tertiary/aromatic N) is 2. The molecule has 2 aromatic heterocycles. The van der Waals surface area contributed by atoms with Crippen LogP contribution in [-0.4, -0.2) is 16.6 Å². The lowest BCUT2D eigenvalue weighted by molar-refractivity contribution is 0.331.